The first-order valence-corrected chi connectivity index (χ1v) is 7.72. The van der Waals surface area contributed by atoms with E-state index in [-0.39, 0.29) is 0 Å². The van der Waals surface area contributed by atoms with Gasteiger partial charge in [0.05, 0.1) is 26.9 Å². The lowest BCUT2D eigenvalue weighted by molar-refractivity contribution is -0.136. The lowest BCUT2D eigenvalue weighted by atomic mass is 9.94. The lowest BCUT2D eigenvalue weighted by Gasteiger charge is -2.28. The second-order valence-electron chi connectivity index (χ2n) is 5.33. The quantitative estimate of drug-likeness (QED) is 0.815. The van der Waals surface area contributed by atoms with E-state index in [1.54, 1.807) is 31.0 Å². The molecule has 1 N–H and O–H groups in total. The number of rotatable bonds is 5. The van der Waals surface area contributed by atoms with Gasteiger partial charge in [0.25, 0.3) is 0 Å². The maximum atomic E-state index is 12.5. The summed E-state index contributed by atoms with van der Waals surface area (Å²) in [6.45, 7) is 1.94. The van der Waals surface area contributed by atoms with Crippen LogP contribution < -0.4 is 14.8 Å². The highest BCUT2D eigenvalue weighted by molar-refractivity contribution is 5.92. The predicted octanol–water partition coefficient (Wildman–Crippen LogP) is 1.54. The Kier molecular flexibility index (Phi) is 4.55. The molecule has 2 heterocycles. The van der Waals surface area contributed by atoms with E-state index in [2.05, 4.69) is 20.8 Å². The molecule has 25 heavy (non-hydrogen) atoms. The van der Waals surface area contributed by atoms with Crippen molar-refractivity contribution in [3.63, 3.8) is 0 Å². The molecule has 0 fully saturated rings. The molecule has 2 aromatic rings. The molecule has 0 amide bonds. The molecule has 0 bridgehead atoms. The second kappa shape index (κ2) is 6.80. The number of hydrogen-bond acceptors (Lipinski definition) is 8. The maximum Gasteiger partial charge on any atom is 0.338 e. The molecule has 1 aromatic heterocycles. The zero-order chi connectivity index (χ0) is 18.0. The molecule has 1 aliphatic rings. The summed E-state index contributed by atoms with van der Waals surface area (Å²) < 4.78 is 17.2. The Bertz CT molecular complexity index is 830. The van der Waals surface area contributed by atoms with Crippen molar-refractivity contribution >= 4 is 11.9 Å². The number of tetrazole rings is 1. The molecule has 9 nitrogen and oxygen atoms in total. The van der Waals surface area contributed by atoms with Crippen LogP contribution in [0, 0.1) is 0 Å². The van der Waals surface area contributed by atoms with Crippen LogP contribution >= 0.6 is 0 Å². The topological polar surface area (TPSA) is 100 Å². The van der Waals surface area contributed by atoms with Gasteiger partial charge >= 0.3 is 5.97 Å². The fourth-order valence-corrected chi connectivity index (χ4v) is 2.89. The van der Waals surface area contributed by atoms with Gasteiger partial charge in [-0.25, -0.2) is 4.79 Å². The first kappa shape index (κ1) is 16.7. The smallest absolute Gasteiger partial charge is 0.338 e. The predicted molar refractivity (Wildman–Crippen MR) is 88.5 cm³/mol. The number of ether oxygens (including phenoxy) is 3. The van der Waals surface area contributed by atoms with Crippen LogP contribution in [0.5, 0.6) is 11.5 Å². The number of anilines is 1. The summed E-state index contributed by atoms with van der Waals surface area (Å²) in [6.07, 6.45) is 0.598. The zero-order valence-corrected chi connectivity index (χ0v) is 14.4. The molecule has 0 saturated heterocycles. The van der Waals surface area contributed by atoms with Crippen LogP contribution in [0.1, 0.15) is 24.9 Å². The molecule has 9 heteroatoms. The summed E-state index contributed by atoms with van der Waals surface area (Å²) in [5.41, 5.74) is 1.95. The van der Waals surface area contributed by atoms with Gasteiger partial charge in [0, 0.05) is 5.70 Å². The Labute approximate surface area is 144 Å². The third-order valence-electron chi connectivity index (χ3n) is 4.08. The van der Waals surface area contributed by atoms with Crippen molar-refractivity contribution in [3.8, 4) is 11.5 Å². The Morgan fingerprint density at radius 1 is 1.24 bits per heavy atom. The monoisotopic (exact) mass is 345 g/mol. The average Bonchev–Trinajstić information content (AvgIpc) is 3.13. The normalized spacial score (nSPS) is 16.1. The van der Waals surface area contributed by atoms with Crippen LogP contribution in [0.2, 0.25) is 0 Å². The van der Waals surface area contributed by atoms with E-state index in [9.17, 15) is 4.79 Å². The van der Waals surface area contributed by atoms with E-state index >= 15 is 0 Å². The van der Waals surface area contributed by atoms with Crippen molar-refractivity contribution < 1.29 is 19.0 Å². The van der Waals surface area contributed by atoms with Gasteiger partial charge in [-0.1, -0.05) is 18.1 Å². The van der Waals surface area contributed by atoms with Gasteiger partial charge in [0.2, 0.25) is 5.95 Å². The van der Waals surface area contributed by atoms with Gasteiger partial charge in [-0.2, -0.15) is 4.68 Å². The Hall–Kier alpha value is -3.10. The number of esters is 1. The molecule has 3 rings (SSSR count). The summed E-state index contributed by atoms with van der Waals surface area (Å²) >= 11 is 0. The first-order chi connectivity index (χ1) is 12.1. The van der Waals surface area contributed by atoms with Crippen molar-refractivity contribution in [3.05, 3.63) is 35.0 Å². The molecular formula is C16H19N5O4. The van der Waals surface area contributed by atoms with Crippen molar-refractivity contribution in [1.82, 2.24) is 20.2 Å². The van der Waals surface area contributed by atoms with Gasteiger partial charge in [-0.05, 0) is 34.5 Å². The summed E-state index contributed by atoms with van der Waals surface area (Å²) in [5, 5.41) is 14.8. The van der Waals surface area contributed by atoms with Crippen LogP contribution in [0.3, 0.4) is 0 Å². The number of allylic oxidation sites excluding steroid dienone is 1. The summed E-state index contributed by atoms with van der Waals surface area (Å²) in [5.74, 6) is 1.17. The third kappa shape index (κ3) is 2.77. The van der Waals surface area contributed by atoms with E-state index in [0.717, 1.165) is 5.56 Å². The van der Waals surface area contributed by atoms with Gasteiger partial charge in [-0.15, -0.1) is 0 Å². The van der Waals surface area contributed by atoms with E-state index in [1.807, 2.05) is 13.0 Å². The van der Waals surface area contributed by atoms with Crippen molar-refractivity contribution in [1.29, 1.82) is 0 Å². The molecule has 0 radical (unpaired) electrons. The fourth-order valence-electron chi connectivity index (χ4n) is 2.89. The standard InChI is InChI=1S/C16H19N5O4/c1-5-10-13(15(22)25-4)14(21-16(17-10)18-19-20-21)9-6-7-11(23-2)12(8-9)24-3/h6-8,14H,5H2,1-4H3,(H,17,18,20)/t14-/m0/s1. The lowest BCUT2D eigenvalue weighted by Crippen LogP contribution is -2.30. The van der Waals surface area contributed by atoms with Crippen LogP contribution in [0.25, 0.3) is 0 Å². The van der Waals surface area contributed by atoms with Crippen LogP contribution in [-0.2, 0) is 9.53 Å². The Morgan fingerprint density at radius 3 is 2.64 bits per heavy atom. The van der Waals surface area contributed by atoms with Gasteiger partial charge < -0.3 is 19.5 Å². The minimum absolute atomic E-state index is 0.440. The number of hydrogen-bond donors (Lipinski definition) is 1. The van der Waals surface area contributed by atoms with Gasteiger partial charge in [0.1, 0.15) is 6.04 Å². The third-order valence-corrected chi connectivity index (χ3v) is 4.08. The van der Waals surface area contributed by atoms with E-state index < -0.39 is 12.0 Å². The number of carbonyl (C=O) groups is 1. The molecule has 1 aromatic carbocycles. The minimum Gasteiger partial charge on any atom is -0.493 e. The number of fused-ring (bicyclic) bond motifs is 1. The van der Waals surface area contributed by atoms with Crippen molar-refractivity contribution in [2.24, 2.45) is 0 Å². The molecule has 0 unspecified atom stereocenters. The molecule has 1 atom stereocenters. The molecule has 0 aliphatic carbocycles. The second-order valence-corrected chi connectivity index (χ2v) is 5.33. The maximum absolute atomic E-state index is 12.5. The zero-order valence-electron chi connectivity index (χ0n) is 14.4. The van der Waals surface area contributed by atoms with Gasteiger partial charge in [0.15, 0.2) is 11.5 Å². The highest BCUT2D eigenvalue weighted by Crippen LogP contribution is 2.39. The number of benzene rings is 1. The summed E-state index contributed by atoms with van der Waals surface area (Å²) in [4.78, 5) is 12.5. The molecule has 0 saturated carbocycles. The van der Waals surface area contributed by atoms with Crippen molar-refractivity contribution in [2.45, 2.75) is 19.4 Å². The number of nitrogens with one attached hydrogen (secondary N) is 1. The Balaban J connectivity index is 2.20. The SMILES string of the molecule is CCC1=C(C(=O)OC)[C@H](c2ccc(OC)c(OC)c2)n2nnnc2N1. The minimum atomic E-state index is -0.534. The van der Waals surface area contributed by atoms with Gasteiger partial charge in [-0.3, -0.25) is 0 Å². The molecule has 1 aliphatic heterocycles. The molecular weight excluding hydrogens is 326 g/mol. The fraction of sp³-hybridized carbons (Fsp3) is 0.375. The number of nitrogens with zero attached hydrogens (tertiary/aromatic N) is 4. The van der Waals surface area contributed by atoms with Crippen LogP contribution in [-0.4, -0.2) is 47.5 Å². The number of aromatic nitrogens is 4. The molecule has 132 valence electrons. The summed E-state index contributed by atoms with van der Waals surface area (Å²) in [7, 11) is 4.47. The number of carbonyl (C=O) groups excluding carboxylic acids is 1. The highest BCUT2D eigenvalue weighted by Gasteiger charge is 2.35. The Morgan fingerprint density at radius 2 is 2.00 bits per heavy atom. The van der Waals surface area contributed by atoms with Crippen LogP contribution in [0.4, 0.5) is 5.95 Å². The number of methoxy groups -OCH3 is 3. The van der Waals surface area contributed by atoms with Crippen molar-refractivity contribution in [2.75, 3.05) is 26.6 Å². The first-order valence-electron chi connectivity index (χ1n) is 7.72. The van der Waals surface area contributed by atoms with E-state index in [1.165, 1.54) is 7.11 Å². The van der Waals surface area contributed by atoms with Crippen LogP contribution in [0.15, 0.2) is 29.5 Å². The largest absolute Gasteiger partial charge is 0.493 e. The summed E-state index contributed by atoms with van der Waals surface area (Å²) in [6, 6.07) is 4.89. The highest BCUT2D eigenvalue weighted by atomic mass is 16.5. The van der Waals surface area contributed by atoms with E-state index in [0.29, 0.717) is 35.1 Å². The van der Waals surface area contributed by atoms with E-state index in [4.69, 9.17) is 14.2 Å². The molecule has 0 spiro atoms. The average molecular weight is 345 g/mol.